The predicted molar refractivity (Wildman–Crippen MR) is 78.4 cm³/mol. The Hall–Kier alpha value is -1.11. The van der Waals surface area contributed by atoms with Crippen molar-refractivity contribution in [3.63, 3.8) is 0 Å². The lowest BCUT2D eigenvalue weighted by Crippen LogP contribution is -2.46. The van der Waals surface area contributed by atoms with Crippen molar-refractivity contribution >= 4 is 5.69 Å². The molecule has 1 aromatic heterocycles. The number of hydrogen-bond acceptors (Lipinski definition) is 5. The molecule has 4 N–H and O–H groups in total. The Balaban J connectivity index is 1.92. The molecule has 0 bridgehead atoms. The summed E-state index contributed by atoms with van der Waals surface area (Å²) in [4.78, 5) is 2.18. The first kappa shape index (κ1) is 15.3. The summed E-state index contributed by atoms with van der Waals surface area (Å²) in [6, 6.07) is 0.516. The molecule has 1 unspecified atom stereocenters. The first-order valence-corrected chi connectivity index (χ1v) is 7.35. The SMILES string of the molecule is Cc1nn(CC(O)CN(CCO)C2CCC2)c(C)c1N. The Kier molecular flexibility index (Phi) is 5.01. The molecule has 114 valence electrons. The summed E-state index contributed by atoms with van der Waals surface area (Å²) in [5.41, 5.74) is 8.30. The van der Waals surface area contributed by atoms with Gasteiger partial charge in [0.15, 0.2) is 0 Å². The van der Waals surface area contributed by atoms with Crippen molar-refractivity contribution in [2.75, 3.05) is 25.4 Å². The molecule has 1 aromatic rings. The van der Waals surface area contributed by atoms with Gasteiger partial charge in [-0.25, -0.2) is 0 Å². The molecular weight excluding hydrogens is 256 g/mol. The van der Waals surface area contributed by atoms with E-state index in [1.54, 1.807) is 4.68 Å². The lowest BCUT2D eigenvalue weighted by Gasteiger charge is -2.38. The number of aliphatic hydroxyl groups is 2. The number of aliphatic hydroxyl groups excluding tert-OH is 2. The molecule has 6 heteroatoms. The Labute approximate surface area is 120 Å². The van der Waals surface area contributed by atoms with Gasteiger partial charge in [-0.2, -0.15) is 5.10 Å². The highest BCUT2D eigenvalue weighted by Crippen LogP contribution is 2.24. The van der Waals surface area contributed by atoms with Crippen LogP contribution in [-0.2, 0) is 6.54 Å². The maximum absolute atomic E-state index is 10.3. The zero-order valence-corrected chi connectivity index (χ0v) is 12.4. The molecular formula is C14H26N4O2. The van der Waals surface area contributed by atoms with Crippen LogP contribution in [0.25, 0.3) is 0 Å². The van der Waals surface area contributed by atoms with Crippen LogP contribution in [0, 0.1) is 13.8 Å². The van der Waals surface area contributed by atoms with Gasteiger partial charge in [-0.05, 0) is 26.7 Å². The highest BCUT2D eigenvalue weighted by atomic mass is 16.3. The van der Waals surface area contributed by atoms with Gasteiger partial charge in [-0.3, -0.25) is 9.58 Å². The van der Waals surface area contributed by atoms with Gasteiger partial charge in [0.2, 0.25) is 0 Å². The Morgan fingerprint density at radius 3 is 2.60 bits per heavy atom. The van der Waals surface area contributed by atoms with Crippen molar-refractivity contribution in [1.82, 2.24) is 14.7 Å². The average Bonchev–Trinajstić information content (AvgIpc) is 2.55. The second kappa shape index (κ2) is 6.56. The molecule has 1 saturated carbocycles. The van der Waals surface area contributed by atoms with Gasteiger partial charge in [-0.1, -0.05) is 6.42 Å². The van der Waals surface area contributed by atoms with E-state index in [1.807, 2.05) is 13.8 Å². The summed E-state index contributed by atoms with van der Waals surface area (Å²) in [6.07, 6.45) is 3.08. The standard InChI is InChI=1S/C14H26N4O2/c1-10-14(15)11(2)18(16-10)9-13(20)8-17(6-7-19)12-4-3-5-12/h12-13,19-20H,3-9,15H2,1-2H3. The maximum Gasteiger partial charge on any atom is 0.0862 e. The minimum atomic E-state index is -0.500. The van der Waals surface area contributed by atoms with E-state index in [-0.39, 0.29) is 6.61 Å². The zero-order valence-electron chi connectivity index (χ0n) is 12.4. The van der Waals surface area contributed by atoms with Crippen LogP contribution in [0.1, 0.15) is 30.7 Å². The topological polar surface area (TPSA) is 87.5 Å². The molecule has 6 nitrogen and oxygen atoms in total. The van der Waals surface area contributed by atoms with Gasteiger partial charge in [-0.15, -0.1) is 0 Å². The molecule has 1 heterocycles. The summed E-state index contributed by atoms with van der Waals surface area (Å²) >= 11 is 0. The monoisotopic (exact) mass is 282 g/mol. The number of aryl methyl sites for hydroxylation is 1. The van der Waals surface area contributed by atoms with E-state index >= 15 is 0 Å². The number of anilines is 1. The van der Waals surface area contributed by atoms with Crippen LogP contribution in [0.5, 0.6) is 0 Å². The first-order valence-electron chi connectivity index (χ1n) is 7.35. The van der Waals surface area contributed by atoms with Crippen LogP contribution in [0.15, 0.2) is 0 Å². The Bertz CT molecular complexity index is 443. The minimum Gasteiger partial charge on any atom is -0.396 e. The van der Waals surface area contributed by atoms with Gasteiger partial charge in [0, 0.05) is 19.1 Å². The van der Waals surface area contributed by atoms with Crippen molar-refractivity contribution in [2.24, 2.45) is 0 Å². The normalized spacial score (nSPS) is 17.4. The molecule has 0 aromatic carbocycles. The second-order valence-corrected chi connectivity index (χ2v) is 5.72. The highest BCUT2D eigenvalue weighted by molar-refractivity contribution is 5.46. The molecule has 20 heavy (non-hydrogen) atoms. The lowest BCUT2D eigenvalue weighted by atomic mass is 9.91. The van der Waals surface area contributed by atoms with E-state index in [1.165, 1.54) is 19.3 Å². The molecule has 0 amide bonds. The van der Waals surface area contributed by atoms with Crippen LogP contribution >= 0.6 is 0 Å². The number of nitrogens with zero attached hydrogens (tertiary/aromatic N) is 3. The molecule has 0 saturated heterocycles. The molecule has 0 aliphatic heterocycles. The van der Waals surface area contributed by atoms with Crippen LogP contribution in [0.4, 0.5) is 5.69 Å². The van der Waals surface area contributed by atoms with E-state index in [2.05, 4.69) is 10.00 Å². The summed E-state index contributed by atoms with van der Waals surface area (Å²) in [5, 5.41) is 23.7. The molecule has 1 aliphatic rings. The molecule has 0 spiro atoms. The number of nitrogen functional groups attached to an aromatic ring is 1. The van der Waals surface area contributed by atoms with Crippen LogP contribution in [0.2, 0.25) is 0 Å². The van der Waals surface area contributed by atoms with Crippen LogP contribution in [0.3, 0.4) is 0 Å². The number of nitrogens with two attached hydrogens (primary N) is 1. The average molecular weight is 282 g/mol. The van der Waals surface area contributed by atoms with Crippen LogP contribution < -0.4 is 5.73 Å². The lowest BCUT2D eigenvalue weighted by molar-refractivity contribution is 0.0380. The van der Waals surface area contributed by atoms with Crippen molar-refractivity contribution in [3.05, 3.63) is 11.4 Å². The second-order valence-electron chi connectivity index (χ2n) is 5.72. The van der Waals surface area contributed by atoms with E-state index in [0.717, 1.165) is 11.4 Å². The summed E-state index contributed by atoms with van der Waals surface area (Å²) in [6.45, 7) is 5.57. The van der Waals surface area contributed by atoms with Crippen LogP contribution in [-0.4, -0.2) is 56.7 Å². The van der Waals surface area contributed by atoms with Crippen molar-refractivity contribution in [3.8, 4) is 0 Å². The van der Waals surface area contributed by atoms with Crippen molar-refractivity contribution in [2.45, 2.75) is 51.8 Å². The largest absolute Gasteiger partial charge is 0.396 e. The van der Waals surface area contributed by atoms with Gasteiger partial charge in [0.05, 0.1) is 36.3 Å². The maximum atomic E-state index is 10.3. The Morgan fingerprint density at radius 2 is 2.15 bits per heavy atom. The fourth-order valence-electron chi connectivity index (χ4n) is 2.72. The number of hydrogen-bond donors (Lipinski definition) is 3. The van der Waals surface area contributed by atoms with Gasteiger partial charge in [0.25, 0.3) is 0 Å². The highest BCUT2D eigenvalue weighted by Gasteiger charge is 2.26. The Morgan fingerprint density at radius 1 is 1.45 bits per heavy atom. The predicted octanol–water partition coefficient (Wildman–Crippen LogP) is 0.290. The van der Waals surface area contributed by atoms with Gasteiger partial charge in [0.1, 0.15) is 0 Å². The quantitative estimate of drug-likeness (QED) is 0.669. The number of aromatic nitrogens is 2. The molecule has 0 radical (unpaired) electrons. The minimum absolute atomic E-state index is 0.135. The van der Waals surface area contributed by atoms with E-state index in [0.29, 0.717) is 31.4 Å². The van der Waals surface area contributed by atoms with E-state index in [9.17, 15) is 5.11 Å². The third-order valence-corrected chi connectivity index (χ3v) is 4.24. The van der Waals surface area contributed by atoms with E-state index in [4.69, 9.17) is 10.8 Å². The molecule has 1 fully saturated rings. The summed E-state index contributed by atoms with van der Waals surface area (Å²) < 4.78 is 1.77. The molecule has 1 atom stereocenters. The fraction of sp³-hybridized carbons (Fsp3) is 0.786. The third-order valence-electron chi connectivity index (χ3n) is 4.24. The molecule has 2 rings (SSSR count). The smallest absolute Gasteiger partial charge is 0.0862 e. The fourth-order valence-corrected chi connectivity index (χ4v) is 2.72. The molecule has 1 aliphatic carbocycles. The van der Waals surface area contributed by atoms with Crippen molar-refractivity contribution in [1.29, 1.82) is 0 Å². The summed E-state index contributed by atoms with van der Waals surface area (Å²) in [7, 11) is 0. The zero-order chi connectivity index (χ0) is 14.7. The first-order chi connectivity index (χ1) is 9.52. The summed E-state index contributed by atoms with van der Waals surface area (Å²) in [5.74, 6) is 0. The van der Waals surface area contributed by atoms with Gasteiger partial charge >= 0.3 is 0 Å². The third kappa shape index (κ3) is 3.31. The van der Waals surface area contributed by atoms with Gasteiger partial charge < -0.3 is 15.9 Å². The van der Waals surface area contributed by atoms with Crippen molar-refractivity contribution < 1.29 is 10.2 Å². The van der Waals surface area contributed by atoms with E-state index < -0.39 is 6.10 Å². The number of rotatable bonds is 7.